The van der Waals surface area contributed by atoms with E-state index in [2.05, 4.69) is 5.32 Å². The van der Waals surface area contributed by atoms with Crippen molar-refractivity contribution >= 4 is 11.9 Å². The Balaban J connectivity index is 2.82. The van der Waals surface area contributed by atoms with Gasteiger partial charge in [-0.05, 0) is 31.0 Å². The zero-order valence-corrected chi connectivity index (χ0v) is 9.73. The van der Waals surface area contributed by atoms with Crippen LogP contribution in [0.25, 0.3) is 0 Å². The number of carboxylic acids is 1. The van der Waals surface area contributed by atoms with E-state index in [1.165, 1.54) is 6.07 Å². The minimum atomic E-state index is -1.07. The molecular weight excluding hydrogens is 222 g/mol. The lowest BCUT2D eigenvalue weighted by atomic mass is 10.1. The van der Waals surface area contributed by atoms with E-state index in [1.807, 2.05) is 0 Å². The number of carboxylic acid groups (broad SMARTS) is 1. The summed E-state index contributed by atoms with van der Waals surface area (Å²) in [5, 5.41) is 20.6. The highest BCUT2D eigenvalue weighted by Crippen LogP contribution is 2.17. The maximum absolute atomic E-state index is 11.7. The van der Waals surface area contributed by atoms with Crippen molar-refractivity contribution in [2.45, 2.75) is 26.3 Å². The van der Waals surface area contributed by atoms with Gasteiger partial charge >= 0.3 is 5.97 Å². The van der Waals surface area contributed by atoms with Crippen molar-refractivity contribution in [3.8, 4) is 5.75 Å². The second-order valence-electron chi connectivity index (χ2n) is 3.77. The van der Waals surface area contributed by atoms with Gasteiger partial charge in [-0.2, -0.15) is 0 Å². The van der Waals surface area contributed by atoms with E-state index in [1.54, 1.807) is 26.0 Å². The summed E-state index contributed by atoms with van der Waals surface area (Å²) in [7, 11) is 0. The Morgan fingerprint density at radius 1 is 1.41 bits per heavy atom. The first-order valence-corrected chi connectivity index (χ1v) is 5.29. The summed E-state index contributed by atoms with van der Waals surface area (Å²) in [6.07, 6.45) is 0.304. The van der Waals surface area contributed by atoms with Crippen LogP contribution in [-0.4, -0.2) is 28.1 Å². The van der Waals surface area contributed by atoms with Crippen molar-refractivity contribution < 1.29 is 19.8 Å². The molecule has 0 aromatic heterocycles. The summed E-state index contributed by atoms with van der Waals surface area (Å²) in [5.41, 5.74) is 0.902. The van der Waals surface area contributed by atoms with Gasteiger partial charge in [-0.25, -0.2) is 4.79 Å². The molecular formula is C12H15NO4. The van der Waals surface area contributed by atoms with E-state index in [-0.39, 0.29) is 11.3 Å². The number of carbonyl (C=O) groups excluding carboxylic acids is 1. The van der Waals surface area contributed by atoms with Crippen LogP contribution in [0, 0.1) is 6.92 Å². The van der Waals surface area contributed by atoms with Crippen LogP contribution in [0.4, 0.5) is 0 Å². The topological polar surface area (TPSA) is 86.6 Å². The molecule has 92 valence electrons. The number of aliphatic carboxylic acids is 1. The number of nitrogens with one attached hydrogen (secondary N) is 1. The standard InChI is InChI=1S/C12H15NO4/c1-3-9(12(16)17)13-11(15)8-5-4-7(2)10(14)6-8/h4-6,9,14H,3H2,1-2H3,(H,13,15)(H,16,17)/t9-/m0/s1. The predicted octanol–water partition coefficient (Wildman–Crippen LogP) is 1.29. The molecule has 5 heteroatoms. The van der Waals surface area contributed by atoms with Gasteiger partial charge in [0.1, 0.15) is 11.8 Å². The van der Waals surface area contributed by atoms with Gasteiger partial charge in [0.25, 0.3) is 5.91 Å². The number of aromatic hydroxyl groups is 1. The SMILES string of the molecule is CC[C@H](NC(=O)c1ccc(C)c(O)c1)C(=O)O. The molecule has 0 aliphatic carbocycles. The number of benzene rings is 1. The molecule has 0 saturated carbocycles. The molecule has 0 aliphatic heterocycles. The fourth-order valence-corrected chi connectivity index (χ4v) is 1.33. The van der Waals surface area contributed by atoms with Crippen LogP contribution in [0.2, 0.25) is 0 Å². The monoisotopic (exact) mass is 237 g/mol. The number of amides is 1. The average molecular weight is 237 g/mol. The number of hydrogen-bond donors (Lipinski definition) is 3. The molecule has 0 fully saturated rings. The van der Waals surface area contributed by atoms with E-state index in [0.29, 0.717) is 12.0 Å². The zero-order valence-electron chi connectivity index (χ0n) is 9.73. The average Bonchev–Trinajstić information content (AvgIpc) is 2.28. The second-order valence-corrected chi connectivity index (χ2v) is 3.77. The maximum Gasteiger partial charge on any atom is 0.326 e. The van der Waals surface area contributed by atoms with E-state index >= 15 is 0 Å². The molecule has 0 spiro atoms. The minimum Gasteiger partial charge on any atom is -0.508 e. The van der Waals surface area contributed by atoms with Gasteiger partial charge in [-0.3, -0.25) is 4.79 Å². The largest absolute Gasteiger partial charge is 0.508 e. The maximum atomic E-state index is 11.7. The molecule has 1 amide bonds. The molecule has 0 heterocycles. The van der Waals surface area contributed by atoms with E-state index < -0.39 is 17.9 Å². The molecule has 1 aromatic rings. The van der Waals surface area contributed by atoms with Crippen molar-refractivity contribution in [2.24, 2.45) is 0 Å². The number of phenolic OH excluding ortho intramolecular Hbond substituents is 1. The van der Waals surface area contributed by atoms with E-state index in [4.69, 9.17) is 5.11 Å². The first kappa shape index (κ1) is 13.0. The van der Waals surface area contributed by atoms with Crippen molar-refractivity contribution in [1.82, 2.24) is 5.32 Å². The third kappa shape index (κ3) is 3.21. The third-order valence-corrected chi connectivity index (χ3v) is 2.48. The van der Waals surface area contributed by atoms with Gasteiger partial charge < -0.3 is 15.5 Å². The number of aryl methyl sites for hydroxylation is 1. The van der Waals surface area contributed by atoms with Crippen molar-refractivity contribution in [3.63, 3.8) is 0 Å². The van der Waals surface area contributed by atoms with Crippen LogP contribution in [0.1, 0.15) is 29.3 Å². The van der Waals surface area contributed by atoms with Gasteiger partial charge in [0.2, 0.25) is 0 Å². The molecule has 5 nitrogen and oxygen atoms in total. The van der Waals surface area contributed by atoms with Gasteiger partial charge in [0.05, 0.1) is 0 Å². The third-order valence-electron chi connectivity index (χ3n) is 2.48. The lowest BCUT2D eigenvalue weighted by Gasteiger charge is -2.12. The molecule has 17 heavy (non-hydrogen) atoms. The number of hydrogen-bond acceptors (Lipinski definition) is 3. The number of carbonyl (C=O) groups is 2. The summed E-state index contributed by atoms with van der Waals surface area (Å²) in [5.74, 6) is -1.56. The van der Waals surface area contributed by atoms with Gasteiger partial charge in [0.15, 0.2) is 0 Å². The summed E-state index contributed by atoms with van der Waals surface area (Å²) in [4.78, 5) is 22.5. The molecule has 3 N–H and O–H groups in total. The van der Waals surface area contributed by atoms with Crippen molar-refractivity contribution in [2.75, 3.05) is 0 Å². The fraction of sp³-hybridized carbons (Fsp3) is 0.333. The van der Waals surface area contributed by atoms with Gasteiger partial charge in [-0.15, -0.1) is 0 Å². The van der Waals surface area contributed by atoms with Crippen LogP contribution in [0.5, 0.6) is 5.75 Å². The van der Waals surface area contributed by atoms with Crippen LogP contribution in [0.3, 0.4) is 0 Å². The van der Waals surface area contributed by atoms with Crippen LogP contribution in [0.15, 0.2) is 18.2 Å². The van der Waals surface area contributed by atoms with E-state index in [0.717, 1.165) is 0 Å². The first-order valence-electron chi connectivity index (χ1n) is 5.29. The fourth-order valence-electron chi connectivity index (χ4n) is 1.33. The number of phenols is 1. The highest BCUT2D eigenvalue weighted by Gasteiger charge is 2.18. The van der Waals surface area contributed by atoms with Crippen LogP contribution in [-0.2, 0) is 4.79 Å². The summed E-state index contributed by atoms with van der Waals surface area (Å²) in [6.45, 7) is 3.38. The molecule has 0 saturated heterocycles. The quantitative estimate of drug-likeness (QED) is 0.736. The Morgan fingerprint density at radius 2 is 2.06 bits per heavy atom. The smallest absolute Gasteiger partial charge is 0.326 e. The lowest BCUT2D eigenvalue weighted by molar-refractivity contribution is -0.139. The summed E-state index contributed by atoms with van der Waals surface area (Å²) >= 11 is 0. The summed E-state index contributed by atoms with van der Waals surface area (Å²) < 4.78 is 0. The Hall–Kier alpha value is -2.04. The lowest BCUT2D eigenvalue weighted by Crippen LogP contribution is -2.40. The molecule has 1 rings (SSSR count). The number of rotatable bonds is 4. The van der Waals surface area contributed by atoms with Crippen LogP contribution < -0.4 is 5.32 Å². The Morgan fingerprint density at radius 3 is 2.53 bits per heavy atom. The molecule has 0 radical (unpaired) electrons. The van der Waals surface area contributed by atoms with Gasteiger partial charge in [-0.1, -0.05) is 13.0 Å². The molecule has 1 atom stereocenters. The predicted molar refractivity (Wildman–Crippen MR) is 62.0 cm³/mol. The molecule has 0 bridgehead atoms. The first-order chi connectivity index (χ1) is 7.95. The molecule has 0 aliphatic rings. The van der Waals surface area contributed by atoms with Crippen molar-refractivity contribution in [3.05, 3.63) is 29.3 Å². The normalized spacial score (nSPS) is 11.9. The van der Waals surface area contributed by atoms with Crippen LogP contribution >= 0.6 is 0 Å². The Kier molecular flexibility index (Phi) is 4.09. The van der Waals surface area contributed by atoms with Crippen molar-refractivity contribution in [1.29, 1.82) is 0 Å². The Labute approximate surface area is 99.1 Å². The summed E-state index contributed by atoms with van der Waals surface area (Å²) in [6, 6.07) is 3.55. The minimum absolute atomic E-state index is 0.0148. The highest BCUT2D eigenvalue weighted by molar-refractivity contribution is 5.96. The highest BCUT2D eigenvalue weighted by atomic mass is 16.4. The molecule has 1 aromatic carbocycles. The van der Waals surface area contributed by atoms with E-state index in [9.17, 15) is 14.7 Å². The second kappa shape index (κ2) is 5.34. The van der Waals surface area contributed by atoms with Gasteiger partial charge in [0, 0.05) is 5.56 Å². The Bertz CT molecular complexity index is 442. The zero-order chi connectivity index (χ0) is 13.0. The molecule has 0 unspecified atom stereocenters.